The Morgan fingerprint density at radius 2 is 1.05 bits per heavy atom. The van der Waals surface area contributed by atoms with E-state index in [9.17, 15) is 24.0 Å². The first kappa shape index (κ1) is 53.2. The number of H-pyrrole nitrogens is 3. The molecule has 0 fully saturated rings. The maximum Gasteiger partial charge on any atom is 0.411 e. The number of imidazole rings is 3. The van der Waals surface area contributed by atoms with Gasteiger partial charge in [0.1, 0.15) is 11.6 Å². The predicted octanol–water partition coefficient (Wildman–Crippen LogP) is 7.38. The van der Waals surface area contributed by atoms with E-state index in [2.05, 4.69) is 67.8 Å². The van der Waals surface area contributed by atoms with Crippen LogP contribution in [-0.2, 0) is 48.7 Å². The Bertz CT molecular complexity index is 3290. The zero-order chi connectivity index (χ0) is 52.8. The maximum absolute atomic E-state index is 12.6. The van der Waals surface area contributed by atoms with Crippen LogP contribution in [0.15, 0.2) is 168 Å². The molecule has 0 unspecified atom stereocenters. The van der Waals surface area contributed by atoms with Gasteiger partial charge in [0.25, 0.3) is 11.1 Å². The van der Waals surface area contributed by atoms with Crippen LogP contribution in [0.1, 0.15) is 58.4 Å². The number of amides is 2. The van der Waals surface area contributed by atoms with Crippen molar-refractivity contribution in [3.8, 4) is 22.5 Å². The summed E-state index contributed by atoms with van der Waals surface area (Å²) in [5.74, 6) is 2.15. The minimum absolute atomic E-state index is 0.203. The van der Waals surface area contributed by atoms with Crippen LogP contribution in [0.25, 0.3) is 22.5 Å². The normalized spacial score (nSPS) is 10.6. The number of benzene rings is 4. The number of nitrogens with two attached hydrogens (primary N) is 1. The average molecular weight is 1010 g/mol. The number of aromatic amines is 3. The average Bonchev–Trinajstić information content (AvgIpc) is 4.26. The van der Waals surface area contributed by atoms with Crippen LogP contribution in [0.2, 0.25) is 0 Å². The van der Waals surface area contributed by atoms with E-state index in [1.807, 2.05) is 67.0 Å². The van der Waals surface area contributed by atoms with E-state index in [1.54, 1.807) is 74.9 Å². The lowest BCUT2D eigenvalue weighted by Gasteiger charge is -2.20. The summed E-state index contributed by atoms with van der Waals surface area (Å²) in [5, 5.41) is 14.4. The second kappa shape index (κ2) is 27.3. The van der Waals surface area contributed by atoms with Crippen molar-refractivity contribution in [2.24, 2.45) is 5.73 Å². The van der Waals surface area contributed by atoms with Crippen molar-refractivity contribution in [1.29, 1.82) is 0 Å². The lowest BCUT2D eigenvalue weighted by atomic mass is 10.1. The fraction of sp³-hybridized carbons (Fsp3) is 0.185. The van der Waals surface area contributed by atoms with Crippen LogP contribution < -0.4 is 27.5 Å². The standard InChI is InChI=1S/C29H30N8O3.C21H22N4O3.C4H4N2O/c1-2-40-29(39)34-24-5-3-4-22(16-24)18-37-28(38)11-10-25(35-37)23-8-6-21(7-9-23)17-36(19-26-30-12-13-31-26)20-27-32-14-15-33-27;1-2-28-21(27)23-18-5-3-4-16(12-18)14-25-20(26)11-10-19(24-25)17-8-6-15(13-22)7-9-17;7-3-4-5-1-2-6-4/h3-16H,2,17-20H2,1H3,(H,30,31)(H,32,33)(H,34,39);3-12H,2,13-14,22H2,1H3,(H,23,27);1-3H,(H,5,6). The minimum Gasteiger partial charge on any atom is -0.450 e. The molecule has 5 heterocycles. The third-order valence-corrected chi connectivity index (χ3v) is 10.9. The molecule has 4 aromatic carbocycles. The van der Waals surface area contributed by atoms with Crippen LogP contribution in [0, 0.1) is 0 Å². The summed E-state index contributed by atoms with van der Waals surface area (Å²) in [5.41, 5.74) is 13.4. The third kappa shape index (κ3) is 16.5. The molecule has 0 spiro atoms. The van der Waals surface area contributed by atoms with Gasteiger partial charge in [0.15, 0.2) is 12.1 Å². The number of anilines is 2. The minimum atomic E-state index is -0.523. The Hall–Kier alpha value is -9.60. The molecular weight excluding hydrogens is 957 g/mol. The summed E-state index contributed by atoms with van der Waals surface area (Å²) in [6, 6.07) is 36.8. The monoisotopic (exact) mass is 1010 g/mol. The van der Waals surface area contributed by atoms with E-state index in [-0.39, 0.29) is 30.8 Å². The highest BCUT2D eigenvalue weighted by Crippen LogP contribution is 2.20. The number of nitrogens with zero attached hydrogens (tertiary/aromatic N) is 8. The Morgan fingerprint density at radius 1 is 0.587 bits per heavy atom. The van der Waals surface area contributed by atoms with Crippen LogP contribution in [0.4, 0.5) is 21.0 Å². The van der Waals surface area contributed by atoms with Crippen molar-refractivity contribution in [2.75, 3.05) is 23.8 Å². The fourth-order valence-electron chi connectivity index (χ4n) is 7.40. The van der Waals surface area contributed by atoms with E-state index < -0.39 is 12.2 Å². The van der Waals surface area contributed by atoms with E-state index in [1.165, 1.54) is 27.7 Å². The van der Waals surface area contributed by atoms with Gasteiger partial charge in [0.2, 0.25) is 0 Å². The zero-order valence-electron chi connectivity index (χ0n) is 41.3. The molecule has 2 amide bonds. The number of nitrogens with one attached hydrogen (secondary N) is 5. The van der Waals surface area contributed by atoms with E-state index in [4.69, 9.17) is 15.2 Å². The number of aromatic nitrogens is 10. The summed E-state index contributed by atoms with van der Waals surface area (Å²) in [6.07, 6.45) is 9.89. The molecule has 384 valence electrons. The summed E-state index contributed by atoms with van der Waals surface area (Å²) in [4.78, 5) is 81.4. The highest BCUT2D eigenvalue weighted by Gasteiger charge is 2.13. The molecule has 0 aliphatic rings. The number of carbonyl (C=O) groups excluding carboxylic acids is 3. The summed E-state index contributed by atoms with van der Waals surface area (Å²) in [7, 11) is 0. The molecule has 9 aromatic rings. The third-order valence-electron chi connectivity index (χ3n) is 10.9. The molecule has 0 bridgehead atoms. The largest absolute Gasteiger partial charge is 0.450 e. The van der Waals surface area contributed by atoms with Gasteiger partial charge < -0.3 is 30.2 Å². The summed E-state index contributed by atoms with van der Waals surface area (Å²) in [6.45, 7) is 7.09. The van der Waals surface area contributed by atoms with Gasteiger partial charge in [-0.3, -0.25) is 29.9 Å². The van der Waals surface area contributed by atoms with Gasteiger partial charge in [0, 0.05) is 84.9 Å². The van der Waals surface area contributed by atoms with Crippen LogP contribution >= 0.6 is 0 Å². The number of aldehydes is 1. The molecule has 5 aromatic heterocycles. The summed E-state index contributed by atoms with van der Waals surface area (Å²) >= 11 is 0. The van der Waals surface area contributed by atoms with Gasteiger partial charge in [-0.15, -0.1) is 0 Å². The van der Waals surface area contributed by atoms with Gasteiger partial charge in [-0.2, -0.15) is 10.2 Å². The molecule has 0 aliphatic heterocycles. The van der Waals surface area contributed by atoms with E-state index in [0.29, 0.717) is 67.7 Å². The molecule has 21 heteroatoms. The number of carbonyl (C=O) groups is 3. The molecule has 0 saturated heterocycles. The highest BCUT2D eigenvalue weighted by molar-refractivity contribution is 5.85. The Kier molecular flexibility index (Phi) is 19.4. The Balaban J connectivity index is 0.000000202. The fourth-order valence-corrected chi connectivity index (χ4v) is 7.40. The van der Waals surface area contributed by atoms with Crippen LogP contribution in [-0.4, -0.2) is 86.1 Å². The molecule has 75 heavy (non-hydrogen) atoms. The summed E-state index contributed by atoms with van der Waals surface area (Å²) < 4.78 is 12.6. The molecule has 7 N–H and O–H groups in total. The molecule has 0 atom stereocenters. The second-order valence-corrected chi connectivity index (χ2v) is 16.4. The SMILES string of the molecule is CCOC(=O)Nc1cccc(Cn2nc(-c3ccc(CN(Cc4ncc[nH]4)Cc4ncc[nH]4)cc3)ccc2=O)c1.CCOC(=O)Nc1cccc(Cn2nc(-c3ccc(CN)cc3)ccc2=O)c1.O=Cc1ncc[nH]1. The van der Waals surface area contributed by atoms with Crippen molar-refractivity contribution in [2.45, 2.75) is 53.1 Å². The highest BCUT2D eigenvalue weighted by atomic mass is 16.6. The van der Waals surface area contributed by atoms with Gasteiger partial charge in [-0.05, 0) is 72.5 Å². The molecule has 0 radical (unpaired) electrons. The van der Waals surface area contributed by atoms with E-state index in [0.717, 1.165) is 45.0 Å². The maximum atomic E-state index is 12.6. The smallest absolute Gasteiger partial charge is 0.411 e. The topological polar surface area (TPSA) is 279 Å². The van der Waals surface area contributed by atoms with Crippen molar-refractivity contribution in [3.05, 3.63) is 219 Å². The number of rotatable bonds is 18. The molecule has 0 aliphatic carbocycles. The number of ether oxygens (including phenoxy) is 2. The molecule has 0 saturated carbocycles. The van der Waals surface area contributed by atoms with Crippen molar-refractivity contribution >= 4 is 29.8 Å². The first-order valence-corrected chi connectivity index (χ1v) is 23.8. The van der Waals surface area contributed by atoms with Crippen LogP contribution in [0.5, 0.6) is 0 Å². The Morgan fingerprint density at radius 3 is 1.45 bits per heavy atom. The number of hydrogen-bond donors (Lipinski definition) is 6. The first-order chi connectivity index (χ1) is 36.6. The molecular formula is C54H56N14O7. The van der Waals surface area contributed by atoms with Crippen molar-refractivity contribution in [1.82, 2.24) is 54.4 Å². The quantitative estimate of drug-likeness (QED) is 0.0458. The van der Waals surface area contributed by atoms with E-state index >= 15 is 0 Å². The van der Waals surface area contributed by atoms with Gasteiger partial charge in [-0.25, -0.2) is 33.9 Å². The predicted molar refractivity (Wildman–Crippen MR) is 282 cm³/mol. The van der Waals surface area contributed by atoms with Gasteiger partial charge in [-0.1, -0.05) is 72.8 Å². The first-order valence-electron chi connectivity index (χ1n) is 23.8. The number of hydrogen-bond acceptors (Lipinski definition) is 14. The zero-order valence-corrected chi connectivity index (χ0v) is 41.3. The lowest BCUT2D eigenvalue weighted by molar-refractivity contribution is 0.111. The van der Waals surface area contributed by atoms with Crippen molar-refractivity contribution < 1.29 is 23.9 Å². The van der Waals surface area contributed by atoms with Gasteiger partial charge in [0.05, 0.1) is 50.8 Å². The van der Waals surface area contributed by atoms with Gasteiger partial charge >= 0.3 is 12.2 Å². The van der Waals surface area contributed by atoms with Crippen LogP contribution in [0.3, 0.4) is 0 Å². The molecule has 9 rings (SSSR count). The second-order valence-electron chi connectivity index (χ2n) is 16.4. The lowest BCUT2D eigenvalue weighted by Crippen LogP contribution is -2.23. The molecule has 21 nitrogen and oxygen atoms in total. The van der Waals surface area contributed by atoms with Crippen molar-refractivity contribution in [3.63, 3.8) is 0 Å². The Labute approximate surface area is 430 Å².